The van der Waals surface area contributed by atoms with E-state index in [-0.39, 0.29) is 11.5 Å². The summed E-state index contributed by atoms with van der Waals surface area (Å²) in [5, 5.41) is 4.12. The standard InChI is InChI=1S/C24H26FN3O2S/c25-17-8-6-11-19(16-17)28-23(30)20-12-4-5-13-21(20)27-24(28)31-15-7-14-22(29)26-18-9-2-1-3-10-18/h4-6,8,11-13,16,18H,1-3,7,9-10,14-15H2,(H,26,29). The largest absolute Gasteiger partial charge is 0.353 e. The SMILES string of the molecule is O=C(CCCSc1nc2ccccc2c(=O)n1-c1cccc(F)c1)NC1CCCCC1. The van der Waals surface area contributed by atoms with Gasteiger partial charge in [0.05, 0.1) is 16.6 Å². The Bertz CT molecular complexity index is 1130. The predicted molar refractivity (Wildman–Crippen MR) is 122 cm³/mol. The Morgan fingerprint density at radius 1 is 1.13 bits per heavy atom. The maximum absolute atomic E-state index is 13.8. The van der Waals surface area contributed by atoms with Crippen LogP contribution < -0.4 is 10.9 Å². The van der Waals surface area contributed by atoms with Crippen molar-refractivity contribution in [2.45, 2.75) is 56.1 Å². The average molecular weight is 440 g/mol. The van der Waals surface area contributed by atoms with Crippen molar-refractivity contribution in [3.63, 3.8) is 0 Å². The normalized spacial score (nSPS) is 14.6. The second-order valence-electron chi connectivity index (χ2n) is 7.89. The van der Waals surface area contributed by atoms with E-state index in [1.807, 2.05) is 6.07 Å². The lowest BCUT2D eigenvalue weighted by Gasteiger charge is -2.22. The molecule has 1 amide bonds. The molecule has 1 fully saturated rings. The summed E-state index contributed by atoms with van der Waals surface area (Å²) in [6.45, 7) is 0. The van der Waals surface area contributed by atoms with E-state index in [1.165, 1.54) is 47.7 Å². The zero-order chi connectivity index (χ0) is 21.6. The lowest BCUT2D eigenvalue weighted by Crippen LogP contribution is -2.36. The van der Waals surface area contributed by atoms with E-state index in [0.717, 1.165) is 12.8 Å². The molecule has 0 saturated heterocycles. The summed E-state index contributed by atoms with van der Waals surface area (Å²) in [6, 6.07) is 13.4. The van der Waals surface area contributed by atoms with Crippen molar-refractivity contribution in [3.05, 3.63) is 64.7 Å². The Morgan fingerprint density at radius 2 is 1.94 bits per heavy atom. The zero-order valence-corrected chi connectivity index (χ0v) is 18.2. The van der Waals surface area contributed by atoms with Gasteiger partial charge in [-0.1, -0.05) is 49.2 Å². The number of hydrogen-bond donors (Lipinski definition) is 1. The summed E-state index contributed by atoms with van der Waals surface area (Å²) in [5.41, 5.74) is 0.826. The molecule has 5 nitrogen and oxygen atoms in total. The minimum Gasteiger partial charge on any atom is -0.353 e. The van der Waals surface area contributed by atoms with Crippen LogP contribution in [0.1, 0.15) is 44.9 Å². The number of nitrogens with zero attached hydrogens (tertiary/aromatic N) is 2. The van der Waals surface area contributed by atoms with Gasteiger partial charge in [-0.25, -0.2) is 9.37 Å². The maximum atomic E-state index is 13.8. The molecule has 1 aliphatic carbocycles. The van der Waals surface area contributed by atoms with Crippen LogP contribution >= 0.6 is 11.8 Å². The molecular weight excluding hydrogens is 413 g/mol. The monoisotopic (exact) mass is 439 g/mol. The number of amides is 1. The minimum absolute atomic E-state index is 0.0847. The van der Waals surface area contributed by atoms with Crippen LogP contribution in [0.4, 0.5) is 4.39 Å². The van der Waals surface area contributed by atoms with Crippen LogP contribution in [0.15, 0.2) is 58.5 Å². The Morgan fingerprint density at radius 3 is 2.74 bits per heavy atom. The van der Waals surface area contributed by atoms with Crippen molar-refractivity contribution >= 4 is 28.6 Å². The summed E-state index contributed by atoms with van der Waals surface area (Å²) < 4.78 is 15.3. The van der Waals surface area contributed by atoms with E-state index >= 15 is 0 Å². The van der Waals surface area contributed by atoms with Gasteiger partial charge in [-0.3, -0.25) is 14.2 Å². The quantitative estimate of drug-likeness (QED) is 0.325. The molecule has 1 aromatic heterocycles. The van der Waals surface area contributed by atoms with E-state index in [2.05, 4.69) is 10.3 Å². The van der Waals surface area contributed by atoms with Crippen LogP contribution in [0.25, 0.3) is 16.6 Å². The fraction of sp³-hybridized carbons (Fsp3) is 0.375. The molecule has 4 rings (SSSR count). The number of aromatic nitrogens is 2. The number of carbonyl (C=O) groups excluding carboxylic acids is 1. The summed E-state index contributed by atoms with van der Waals surface area (Å²) in [7, 11) is 0. The van der Waals surface area contributed by atoms with Gasteiger partial charge in [0, 0.05) is 18.2 Å². The highest BCUT2D eigenvalue weighted by molar-refractivity contribution is 7.99. The van der Waals surface area contributed by atoms with E-state index in [0.29, 0.717) is 46.4 Å². The number of para-hydroxylation sites is 1. The third kappa shape index (κ3) is 5.34. The lowest BCUT2D eigenvalue weighted by atomic mass is 9.95. The van der Waals surface area contributed by atoms with Crippen molar-refractivity contribution in [1.82, 2.24) is 14.9 Å². The summed E-state index contributed by atoms with van der Waals surface area (Å²) >= 11 is 1.41. The fourth-order valence-electron chi connectivity index (χ4n) is 4.00. The molecule has 1 N–H and O–H groups in total. The topological polar surface area (TPSA) is 64.0 Å². The highest BCUT2D eigenvalue weighted by atomic mass is 32.2. The van der Waals surface area contributed by atoms with E-state index in [9.17, 15) is 14.0 Å². The molecule has 3 aromatic rings. The Kier molecular flexibility index (Phi) is 7.02. The Labute approximate surface area is 185 Å². The van der Waals surface area contributed by atoms with Gasteiger partial charge in [-0.15, -0.1) is 0 Å². The third-order valence-corrected chi connectivity index (χ3v) is 6.59. The number of fused-ring (bicyclic) bond motifs is 1. The second kappa shape index (κ2) is 10.1. The molecule has 31 heavy (non-hydrogen) atoms. The number of benzene rings is 2. The van der Waals surface area contributed by atoms with Crippen molar-refractivity contribution in [1.29, 1.82) is 0 Å². The number of hydrogen-bond acceptors (Lipinski definition) is 4. The molecule has 0 bridgehead atoms. The summed E-state index contributed by atoms with van der Waals surface area (Å²) in [4.78, 5) is 30.0. The maximum Gasteiger partial charge on any atom is 0.266 e. The smallest absolute Gasteiger partial charge is 0.266 e. The summed E-state index contributed by atoms with van der Waals surface area (Å²) in [6.07, 6.45) is 6.89. The first-order chi connectivity index (χ1) is 15.1. The molecule has 0 atom stereocenters. The first kappa shape index (κ1) is 21.6. The molecule has 0 aliphatic heterocycles. The first-order valence-corrected chi connectivity index (χ1v) is 11.8. The third-order valence-electron chi connectivity index (χ3n) is 5.56. The Hall–Kier alpha value is -2.67. The van der Waals surface area contributed by atoms with Gasteiger partial charge in [0.25, 0.3) is 5.56 Å². The zero-order valence-electron chi connectivity index (χ0n) is 17.4. The molecule has 1 saturated carbocycles. The predicted octanol–water partition coefficient (Wildman–Crippen LogP) is 4.85. The van der Waals surface area contributed by atoms with E-state index in [1.54, 1.807) is 30.3 Å². The fourth-order valence-corrected chi connectivity index (χ4v) is 4.95. The van der Waals surface area contributed by atoms with Gasteiger partial charge in [0.1, 0.15) is 5.82 Å². The lowest BCUT2D eigenvalue weighted by molar-refractivity contribution is -0.122. The molecule has 0 unspecified atom stereocenters. The van der Waals surface area contributed by atoms with Crippen LogP contribution in [0.5, 0.6) is 0 Å². The van der Waals surface area contributed by atoms with E-state index < -0.39 is 5.82 Å². The molecule has 7 heteroatoms. The van der Waals surface area contributed by atoms with Crippen LogP contribution in [0, 0.1) is 5.82 Å². The van der Waals surface area contributed by atoms with Crippen molar-refractivity contribution in [2.75, 3.05) is 5.75 Å². The molecule has 0 spiro atoms. The molecule has 2 aromatic carbocycles. The van der Waals surface area contributed by atoms with Gasteiger partial charge in [-0.2, -0.15) is 0 Å². The van der Waals surface area contributed by atoms with Crippen LogP contribution in [0.3, 0.4) is 0 Å². The Balaban J connectivity index is 1.48. The van der Waals surface area contributed by atoms with Crippen LogP contribution in [0.2, 0.25) is 0 Å². The molecule has 162 valence electrons. The summed E-state index contributed by atoms with van der Waals surface area (Å²) in [5.74, 6) is 0.312. The van der Waals surface area contributed by atoms with Crippen molar-refractivity contribution < 1.29 is 9.18 Å². The molecular formula is C24H26FN3O2S. The number of nitrogens with one attached hydrogen (secondary N) is 1. The number of thioether (sulfide) groups is 1. The van der Waals surface area contributed by atoms with E-state index in [4.69, 9.17) is 0 Å². The minimum atomic E-state index is -0.409. The van der Waals surface area contributed by atoms with Crippen LogP contribution in [-0.2, 0) is 4.79 Å². The van der Waals surface area contributed by atoms with Crippen molar-refractivity contribution in [3.8, 4) is 5.69 Å². The van der Waals surface area contributed by atoms with Gasteiger partial charge in [0.15, 0.2) is 5.16 Å². The molecule has 1 heterocycles. The average Bonchev–Trinajstić information content (AvgIpc) is 2.77. The van der Waals surface area contributed by atoms with Crippen molar-refractivity contribution in [2.24, 2.45) is 0 Å². The van der Waals surface area contributed by atoms with Gasteiger partial charge in [0.2, 0.25) is 5.91 Å². The molecule has 0 radical (unpaired) electrons. The van der Waals surface area contributed by atoms with Crippen LogP contribution in [-0.4, -0.2) is 27.3 Å². The van der Waals surface area contributed by atoms with Gasteiger partial charge in [-0.05, 0) is 49.6 Å². The second-order valence-corrected chi connectivity index (χ2v) is 8.95. The number of carbonyl (C=O) groups is 1. The van der Waals surface area contributed by atoms with Gasteiger partial charge < -0.3 is 5.32 Å². The number of halogens is 1. The highest BCUT2D eigenvalue weighted by Crippen LogP contribution is 2.23. The van der Waals surface area contributed by atoms with Gasteiger partial charge >= 0.3 is 0 Å². The first-order valence-electron chi connectivity index (χ1n) is 10.8. The number of rotatable bonds is 7. The molecule has 1 aliphatic rings. The highest BCUT2D eigenvalue weighted by Gasteiger charge is 2.16.